The lowest BCUT2D eigenvalue weighted by Gasteiger charge is -2.16. The number of nitrogens with zero attached hydrogens (tertiary/aromatic N) is 10. The van der Waals surface area contributed by atoms with Crippen LogP contribution in [0.5, 0.6) is 0 Å². The van der Waals surface area contributed by atoms with Gasteiger partial charge in [0, 0.05) is 91.9 Å². The van der Waals surface area contributed by atoms with E-state index in [1.165, 1.54) is 37.7 Å². The van der Waals surface area contributed by atoms with Gasteiger partial charge in [-0.1, -0.05) is 285 Å². The summed E-state index contributed by atoms with van der Waals surface area (Å²) in [4.78, 5) is 20.1. The number of pyridine rings is 2. The second-order valence-corrected chi connectivity index (χ2v) is 34.6. The molecule has 0 atom stereocenters. The zero-order valence-corrected chi connectivity index (χ0v) is 72.5. The zero-order chi connectivity index (χ0) is 89.9. The van der Waals surface area contributed by atoms with Crippen molar-refractivity contribution in [2.24, 2.45) is 0 Å². The Balaban J connectivity index is 0.000000104. The summed E-state index contributed by atoms with van der Waals surface area (Å²) < 4.78 is 25.6. The third-order valence-electron chi connectivity index (χ3n) is 27.3. The zero-order valence-electron chi connectivity index (χ0n) is 72.5. The Morgan fingerprint density at radius 2 is 0.654 bits per heavy atom. The molecule has 29 rings (SSSR count). The van der Waals surface area contributed by atoms with Crippen LogP contribution in [0.2, 0.25) is 0 Å². The maximum Gasteiger partial charge on any atom is 0.236 e. The van der Waals surface area contributed by atoms with Gasteiger partial charge in [0.05, 0.1) is 66.8 Å². The first-order valence-electron chi connectivity index (χ1n) is 45.2. The van der Waals surface area contributed by atoms with E-state index in [-0.39, 0.29) is 0 Å². The highest BCUT2D eigenvalue weighted by Crippen LogP contribution is 2.48. The minimum absolute atomic E-state index is 0.363. The van der Waals surface area contributed by atoms with E-state index in [0.29, 0.717) is 22.8 Å². The monoisotopic (exact) mass is 1730 g/mol. The molecule has 628 valence electrons. The summed E-state index contributed by atoms with van der Waals surface area (Å²) in [6, 6.07) is 149. The van der Waals surface area contributed by atoms with Crippen molar-refractivity contribution in [1.82, 2.24) is 33.6 Å². The maximum absolute atomic E-state index is 10.7. The number of benzene rings is 20. The van der Waals surface area contributed by atoms with Crippen molar-refractivity contribution < 1.29 is 13.3 Å². The Morgan fingerprint density at radius 1 is 0.228 bits per heavy atom. The maximum atomic E-state index is 10.7. The summed E-state index contributed by atoms with van der Waals surface area (Å²) in [5.41, 5.74) is 23.6. The average molecular weight is 1730 g/mol. The van der Waals surface area contributed by atoms with Crippen LogP contribution in [0.15, 0.2) is 426 Å². The predicted molar refractivity (Wildman–Crippen MR) is 554 cm³/mol. The molecule has 0 saturated heterocycles. The smallest absolute Gasteiger partial charge is 0.236 e. The van der Waals surface area contributed by atoms with Gasteiger partial charge in [0.1, 0.15) is 57.3 Å². The predicted octanol–water partition coefficient (Wildman–Crippen LogP) is 32.0. The van der Waals surface area contributed by atoms with Gasteiger partial charge in [0.2, 0.25) is 5.95 Å². The van der Waals surface area contributed by atoms with E-state index in [4.69, 9.17) is 33.2 Å². The normalized spacial score (nSPS) is 11.8. The summed E-state index contributed by atoms with van der Waals surface area (Å²) in [6.45, 7) is 0. The molecule has 0 spiro atoms. The van der Waals surface area contributed by atoms with Gasteiger partial charge in [-0.05, 0) is 204 Å². The quantitative estimate of drug-likeness (QED) is 0.149. The fourth-order valence-corrected chi connectivity index (χ4v) is 21.2. The molecular formula is C123H68N10O3. The van der Waals surface area contributed by atoms with Crippen LogP contribution in [-0.2, 0) is 0 Å². The highest BCUT2D eigenvalue weighted by molar-refractivity contribution is 6.26. The molecule has 0 saturated carbocycles. The third-order valence-corrected chi connectivity index (χ3v) is 27.3. The molecular weight excluding hydrogens is 1670 g/mol. The molecule has 0 amide bonds. The van der Waals surface area contributed by atoms with Crippen LogP contribution in [0.25, 0.3) is 269 Å². The first-order chi connectivity index (χ1) is 67.3. The van der Waals surface area contributed by atoms with Gasteiger partial charge in [-0.25, -0.2) is 19.9 Å². The largest absolute Gasteiger partial charge is 0.456 e. The third kappa shape index (κ3) is 12.0. The number of nitriles is 3. The molecule has 0 unspecified atom stereocenters. The van der Waals surface area contributed by atoms with Crippen LogP contribution >= 0.6 is 0 Å². The Bertz CT molecular complexity index is 10400. The molecule has 13 heteroatoms. The van der Waals surface area contributed by atoms with E-state index in [2.05, 4.69) is 317 Å². The first kappa shape index (κ1) is 76.9. The lowest BCUT2D eigenvalue weighted by atomic mass is 9.97. The fraction of sp³-hybridized carbons (Fsp3) is 0. The number of aromatic nitrogens is 7. The van der Waals surface area contributed by atoms with Crippen molar-refractivity contribution >= 4 is 207 Å². The Kier molecular flexibility index (Phi) is 17.2. The Hall–Kier alpha value is -19.1. The summed E-state index contributed by atoms with van der Waals surface area (Å²) in [5.74, 6) is 1.95. The number of furan rings is 3. The molecule has 0 aliphatic heterocycles. The number of hydrogen-bond donors (Lipinski definition) is 0. The van der Waals surface area contributed by atoms with Crippen LogP contribution in [0, 0.1) is 34.0 Å². The van der Waals surface area contributed by atoms with Crippen molar-refractivity contribution in [2.45, 2.75) is 0 Å². The highest BCUT2D eigenvalue weighted by Gasteiger charge is 2.28. The minimum atomic E-state index is 0.363. The van der Waals surface area contributed by atoms with Crippen molar-refractivity contribution in [1.29, 1.82) is 15.8 Å². The van der Waals surface area contributed by atoms with Gasteiger partial charge in [-0.2, -0.15) is 15.8 Å². The van der Waals surface area contributed by atoms with E-state index in [1.807, 2.05) is 127 Å². The molecule has 9 aromatic heterocycles. The van der Waals surface area contributed by atoms with Gasteiger partial charge in [-0.3, -0.25) is 13.7 Å². The minimum Gasteiger partial charge on any atom is -0.456 e. The van der Waals surface area contributed by atoms with E-state index in [1.54, 1.807) is 0 Å². The highest BCUT2D eigenvalue weighted by atomic mass is 16.3. The van der Waals surface area contributed by atoms with Gasteiger partial charge >= 0.3 is 0 Å². The average Bonchev–Trinajstić information content (AvgIpc) is 1.58. The van der Waals surface area contributed by atoms with Crippen molar-refractivity contribution in [2.75, 3.05) is 0 Å². The van der Waals surface area contributed by atoms with E-state index in [9.17, 15) is 15.8 Å². The second-order valence-electron chi connectivity index (χ2n) is 34.6. The van der Waals surface area contributed by atoms with Gasteiger partial charge in [0.15, 0.2) is 5.69 Å². The first-order valence-corrected chi connectivity index (χ1v) is 45.2. The number of para-hydroxylation sites is 6. The topological polar surface area (TPSA) is 177 Å². The molecule has 13 nitrogen and oxygen atoms in total. The summed E-state index contributed by atoms with van der Waals surface area (Å²) in [6.07, 6.45) is 0. The lowest BCUT2D eigenvalue weighted by Crippen LogP contribution is -2.04. The molecule has 29 aromatic rings. The molecule has 0 radical (unpaired) electrons. The van der Waals surface area contributed by atoms with Crippen LogP contribution in [0.1, 0.15) is 16.8 Å². The van der Waals surface area contributed by atoms with Crippen molar-refractivity contribution in [3.8, 4) is 80.3 Å². The van der Waals surface area contributed by atoms with E-state index < -0.39 is 0 Å². The lowest BCUT2D eigenvalue weighted by molar-refractivity contribution is 0.669. The van der Waals surface area contributed by atoms with Gasteiger partial charge < -0.3 is 13.3 Å². The SMILES string of the molecule is N#Cc1c(-c2ccccc2)c(-n2c3ccc(-c4cccc5c4oc4ccccc45)cc3c3c4ccccc4ccc32)nc2ccccc12.N#Cc1cc(-n2c3ccc(-c4ccc5c(c4)oc4ccc6ccccc6c45)cc3c3c4ccccc4ccc32)nc2ccccc12.N#Cc1nc(-n2c3ccc(-c4ccc5c(c4)oc4ccccc45)cc3c3c4ccccc4ccc32)nc2ccccc12. The molecule has 0 aliphatic carbocycles. The number of hydrogen-bond acceptors (Lipinski definition) is 10. The van der Waals surface area contributed by atoms with Crippen molar-refractivity contribution in [3.05, 3.63) is 429 Å². The molecule has 0 aliphatic rings. The fourth-order valence-electron chi connectivity index (χ4n) is 21.2. The van der Waals surface area contributed by atoms with Gasteiger partial charge in [0.25, 0.3) is 0 Å². The number of rotatable bonds is 7. The van der Waals surface area contributed by atoms with E-state index in [0.717, 1.165) is 225 Å². The molecule has 0 N–H and O–H groups in total. The van der Waals surface area contributed by atoms with Crippen LogP contribution in [0.4, 0.5) is 0 Å². The van der Waals surface area contributed by atoms with Crippen LogP contribution in [0.3, 0.4) is 0 Å². The Labute approximate surface area is 774 Å². The van der Waals surface area contributed by atoms with Gasteiger partial charge in [-0.15, -0.1) is 0 Å². The molecule has 0 fully saturated rings. The van der Waals surface area contributed by atoms with Crippen LogP contribution in [-0.4, -0.2) is 33.6 Å². The Morgan fingerprint density at radius 3 is 1.26 bits per heavy atom. The van der Waals surface area contributed by atoms with E-state index >= 15 is 0 Å². The van der Waals surface area contributed by atoms with Crippen molar-refractivity contribution in [3.63, 3.8) is 0 Å². The number of fused-ring (bicyclic) bond motifs is 29. The van der Waals surface area contributed by atoms with Crippen LogP contribution < -0.4 is 0 Å². The molecule has 0 bridgehead atoms. The standard InChI is InChI=1S/C44H25N3O.C42H23N3O.C37H20N4O/c45-26-36-32-15-6-8-19-37(32)46-44(41(36)28-12-2-1-3-13-28)47-38-23-22-29(25-35(38)42-30-14-5-4-11-27(30)21-24-39(42)47)31-17-10-18-34-33-16-7-9-20-40(33)48-43(31)34;43-24-29-23-40(44-35-12-6-5-9-30(29)35)45-36-18-15-27(21-34(36)41-31-10-3-1-7-25(31)14-19-37(41)45)28-13-17-33-39(22-28)46-38-20-16-26-8-2-4-11-32(26)42(33)38;38-21-31-28-10-3-5-11-30(28)39-37(40-31)41-32-17-15-23(19-29(32)36-25-8-2-1-7-22(25)14-18-33(36)41)24-13-16-27-26-9-4-6-12-34(26)42-35(27)20-24/h1-25H;1-23H;1-20H. The summed E-state index contributed by atoms with van der Waals surface area (Å²) in [5, 5.41) is 56.1. The molecule has 136 heavy (non-hydrogen) atoms. The second kappa shape index (κ2) is 30.5. The molecule has 20 aromatic carbocycles. The summed E-state index contributed by atoms with van der Waals surface area (Å²) in [7, 11) is 0. The molecule has 9 heterocycles. The summed E-state index contributed by atoms with van der Waals surface area (Å²) >= 11 is 0.